The van der Waals surface area contributed by atoms with E-state index in [1.807, 2.05) is 13.8 Å². The van der Waals surface area contributed by atoms with E-state index in [9.17, 15) is 19.8 Å². The van der Waals surface area contributed by atoms with E-state index in [2.05, 4.69) is 13.8 Å². The van der Waals surface area contributed by atoms with Gasteiger partial charge in [-0.25, -0.2) is 0 Å². The molecular weight excluding hydrogens is 328 g/mol. The third kappa shape index (κ3) is 4.61. The van der Waals surface area contributed by atoms with Crippen LogP contribution in [0, 0.1) is 22.7 Å². The molecule has 0 amide bonds. The topological polar surface area (TPSA) is 74.6 Å². The van der Waals surface area contributed by atoms with Crippen LogP contribution in [0.3, 0.4) is 0 Å². The summed E-state index contributed by atoms with van der Waals surface area (Å²) in [5.41, 5.74) is -2.31. The van der Waals surface area contributed by atoms with Crippen LogP contribution in [0.15, 0.2) is 0 Å². The summed E-state index contributed by atoms with van der Waals surface area (Å²) < 4.78 is 0. The fourth-order valence-corrected chi connectivity index (χ4v) is 5.44. The Kier molecular flexibility index (Phi) is 9.12. The Morgan fingerprint density at radius 2 is 1.46 bits per heavy atom. The molecule has 0 radical (unpaired) electrons. The van der Waals surface area contributed by atoms with Crippen molar-refractivity contribution in [3.8, 4) is 0 Å². The van der Waals surface area contributed by atoms with Crippen molar-refractivity contribution >= 4 is 11.9 Å². The van der Waals surface area contributed by atoms with Gasteiger partial charge in [-0.2, -0.15) is 0 Å². The third-order valence-corrected chi connectivity index (χ3v) is 6.59. The van der Waals surface area contributed by atoms with Gasteiger partial charge < -0.3 is 10.2 Å². The molecule has 1 aliphatic carbocycles. The Bertz CT molecular complexity index is 453. The maximum absolute atomic E-state index is 12.9. The largest absolute Gasteiger partial charge is 0.481 e. The number of carboxylic acids is 2. The van der Waals surface area contributed by atoms with Gasteiger partial charge in [-0.05, 0) is 43.9 Å². The molecule has 0 aromatic carbocycles. The summed E-state index contributed by atoms with van der Waals surface area (Å²) in [7, 11) is 0. The van der Waals surface area contributed by atoms with Crippen molar-refractivity contribution < 1.29 is 19.8 Å². The molecule has 1 aliphatic rings. The zero-order chi connectivity index (χ0) is 19.8. The predicted octanol–water partition coefficient (Wildman–Crippen LogP) is 6.14. The number of carbonyl (C=O) groups is 2. The van der Waals surface area contributed by atoms with Gasteiger partial charge in [0.25, 0.3) is 0 Å². The minimum atomic E-state index is -1.17. The van der Waals surface area contributed by atoms with Gasteiger partial charge in [0.05, 0.1) is 10.8 Å². The Balaban J connectivity index is 3.59. The highest BCUT2D eigenvalue weighted by Crippen LogP contribution is 2.58. The van der Waals surface area contributed by atoms with Gasteiger partial charge in [-0.1, -0.05) is 72.6 Å². The van der Waals surface area contributed by atoms with Crippen LogP contribution in [0.1, 0.15) is 105 Å². The van der Waals surface area contributed by atoms with Crippen LogP contribution in [-0.4, -0.2) is 22.2 Å². The number of unbranched alkanes of at least 4 members (excludes halogenated alkanes) is 2. The normalized spacial score (nSPS) is 20.5. The Hall–Kier alpha value is -1.06. The average molecular weight is 369 g/mol. The summed E-state index contributed by atoms with van der Waals surface area (Å²) in [6, 6.07) is 0. The van der Waals surface area contributed by atoms with E-state index in [0.29, 0.717) is 19.3 Å². The molecule has 0 aliphatic heterocycles. The van der Waals surface area contributed by atoms with Crippen LogP contribution in [0.5, 0.6) is 0 Å². The summed E-state index contributed by atoms with van der Waals surface area (Å²) in [6.07, 6.45) is 9.66. The van der Waals surface area contributed by atoms with E-state index in [0.717, 1.165) is 57.8 Å². The zero-order valence-electron chi connectivity index (χ0n) is 17.4. The first kappa shape index (κ1) is 23.0. The van der Waals surface area contributed by atoms with Crippen LogP contribution in [0.2, 0.25) is 0 Å². The fourth-order valence-electron chi connectivity index (χ4n) is 5.44. The highest BCUT2D eigenvalue weighted by Gasteiger charge is 2.63. The molecule has 1 rings (SSSR count). The first-order valence-electron chi connectivity index (χ1n) is 10.7. The standard InChI is InChI=1S/C22H40O4/c1-5-7-14-21(19(23)24,16-17(3)4)22(20(25)26,15-8-6-2)18-12-10-9-11-13-18/h17-18H,5-16H2,1-4H3,(H,23,24)(H,25,26). The van der Waals surface area contributed by atoms with Crippen molar-refractivity contribution in [1.82, 2.24) is 0 Å². The van der Waals surface area contributed by atoms with Crippen LogP contribution < -0.4 is 0 Å². The molecule has 0 aromatic rings. The molecule has 0 aromatic heterocycles. The molecular formula is C22H40O4. The lowest BCUT2D eigenvalue weighted by atomic mass is 9.49. The van der Waals surface area contributed by atoms with Crippen molar-refractivity contribution in [2.75, 3.05) is 0 Å². The minimum absolute atomic E-state index is 0.0213. The fraction of sp³-hybridized carbons (Fsp3) is 0.909. The quantitative estimate of drug-likeness (QED) is 0.434. The molecule has 26 heavy (non-hydrogen) atoms. The van der Waals surface area contributed by atoms with Crippen molar-refractivity contribution in [1.29, 1.82) is 0 Å². The van der Waals surface area contributed by atoms with Crippen molar-refractivity contribution in [3.05, 3.63) is 0 Å². The van der Waals surface area contributed by atoms with Crippen molar-refractivity contribution in [2.24, 2.45) is 22.7 Å². The van der Waals surface area contributed by atoms with Gasteiger partial charge in [0, 0.05) is 0 Å². The zero-order valence-corrected chi connectivity index (χ0v) is 17.4. The lowest BCUT2D eigenvalue weighted by Gasteiger charge is -2.51. The Morgan fingerprint density at radius 3 is 1.88 bits per heavy atom. The van der Waals surface area contributed by atoms with Gasteiger partial charge in [-0.3, -0.25) is 9.59 Å². The molecule has 0 bridgehead atoms. The molecule has 2 unspecified atom stereocenters. The first-order chi connectivity index (χ1) is 12.3. The van der Waals surface area contributed by atoms with E-state index in [1.165, 1.54) is 0 Å². The second kappa shape index (κ2) is 10.3. The number of hydrogen-bond acceptors (Lipinski definition) is 2. The molecule has 1 fully saturated rings. The van der Waals surface area contributed by atoms with Gasteiger partial charge in [-0.15, -0.1) is 0 Å². The van der Waals surface area contributed by atoms with E-state index >= 15 is 0 Å². The van der Waals surface area contributed by atoms with E-state index in [-0.39, 0.29) is 11.8 Å². The molecule has 0 saturated heterocycles. The minimum Gasteiger partial charge on any atom is -0.481 e. The third-order valence-electron chi connectivity index (χ3n) is 6.59. The van der Waals surface area contributed by atoms with E-state index < -0.39 is 22.8 Å². The maximum atomic E-state index is 12.9. The smallest absolute Gasteiger partial charge is 0.311 e. The van der Waals surface area contributed by atoms with Gasteiger partial charge in [0.1, 0.15) is 0 Å². The Morgan fingerprint density at radius 1 is 0.923 bits per heavy atom. The molecule has 0 spiro atoms. The Labute approximate surface area is 159 Å². The monoisotopic (exact) mass is 368 g/mol. The molecule has 4 nitrogen and oxygen atoms in total. The van der Waals surface area contributed by atoms with Crippen molar-refractivity contribution in [3.63, 3.8) is 0 Å². The van der Waals surface area contributed by atoms with Crippen LogP contribution in [-0.2, 0) is 9.59 Å². The first-order valence-corrected chi connectivity index (χ1v) is 10.7. The average Bonchev–Trinajstić information content (AvgIpc) is 2.59. The second-order valence-electron chi connectivity index (χ2n) is 8.80. The lowest BCUT2D eigenvalue weighted by molar-refractivity contribution is -0.188. The SMILES string of the molecule is CCCCC(CC(C)C)(C(=O)O)C(CCCC)(C(=O)O)C1CCCCC1. The number of rotatable bonds is 12. The van der Waals surface area contributed by atoms with E-state index in [4.69, 9.17) is 0 Å². The molecule has 2 N–H and O–H groups in total. The summed E-state index contributed by atoms with van der Waals surface area (Å²) in [5, 5.41) is 21.0. The molecule has 1 saturated carbocycles. The van der Waals surface area contributed by atoms with Gasteiger partial charge in [0.2, 0.25) is 0 Å². The summed E-state index contributed by atoms with van der Waals surface area (Å²) in [4.78, 5) is 25.6. The second-order valence-corrected chi connectivity index (χ2v) is 8.80. The predicted molar refractivity (Wildman–Crippen MR) is 105 cm³/mol. The lowest BCUT2D eigenvalue weighted by Crippen LogP contribution is -2.57. The summed E-state index contributed by atoms with van der Waals surface area (Å²) in [6.45, 7) is 8.16. The van der Waals surface area contributed by atoms with Gasteiger partial charge >= 0.3 is 11.9 Å². The molecule has 152 valence electrons. The van der Waals surface area contributed by atoms with E-state index in [1.54, 1.807) is 0 Å². The highest BCUT2D eigenvalue weighted by atomic mass is 16.4. The number of hydrogen-bond donors (Lipinski definition) is 2. The number of aliphatic carboxylic acids is 2. The van der Waals surface area contributed by atoms with Crippen molar-refractivity contribution in [2.45, 2.75) is 105 Å². The molecule has 2 atom stereocenters. The summed E-state index contributed by atoms with van der Waals surface area (Å²) in [5.74, 6) is -1.61. The van der Waals surface area contributed by atoms with Gasteiger partial charge in [0.15, 0.2) is 0 Å². The summed E-state index contributed by atoms with van der Waals surface area (Å²) >= 11 is 0. The van der Waals surface area contributed by atoms with Crippen LogP contribution in [0.25, 0.3) is 0 Å². The molecule has 4 heteroatoms. The van der Waals surface area contributed by atoms with Crippen LogP contribution >= 0.6 is 0 Å². The number of carboxylic acid groups (broad SMARTS) is 2. The maximum Gasteiger partial charge on any atom is 0.311 e. The molecule has 0 heterocycles. The van der Waals surface area contributed by atoms with Crippen LogP contribution in [0.4, 0.5) is 0 Å². The highest BCUT2D eigenvalue weighted by molar-refractivity contribution is 5.87.